The number of sulfonamides is 1. The molecule has 4 rings (SSSR count). The Morgan fingerprint density at radius 1 is 0.909 bits per heavy atom. The molecule has 0 bridgehead atoms. The zero-order valence-electron chi connectivity index (χ0n) is 25.3. The number of carbonyl (C=O) groups excluding carboxylic acids is 2. The van der Waals surface area contributed by atoms with E-state index in [1.54, 1.807) is 35.2 Å². The van der Waals surface area contributed by atoms with Crippen LogP contribution in [-0.2, 0) is 32.6 Å². The summed E-state index contributed by atoms with van der Waals surface area (Å²) in [5.41, 5.74) is 3.00. The average molecular weight is 659 g/mol. The molecule has 1 fully saturated rings. The van der Waals surface area contributed by atoms with Gasteiger partial charge in [-0.15, -0.1) is 0 Å². The first-order valence-corrected chi connectivity index (χ1v) is 17.7. The van der Waals surface area contributed by atoms with E-state index in [-0.39, 0.29) is 43.8 Å². The molecule has 1 saturated carbocycles. The van der Waals surface area contributed by atoms with Crippen LogP contribution in [0.5, 0.6) is 0 Å². The number of hydrogen-bond donors (Lipinski definition) is 1. The van der Waals surface area contributed by atoms with Crippen molar-refractivity contribution in [2.75, 3.05) is 17.1 Å². The van der Waals surface area contributed by atoms with Crippen LogP contribution >= 0.6 is 23.2 Å². The fourth-order valence-corrected chi connectivity index (χ4v) is 7.16. The highest BCUT2D eigenvalue weighted by molar-refractivity contribution is 7.92. The van der Waals surface area contributed by atoms with E-state index >= 15 is 0 Å². The van der Waals surface area contributed by atoms with E-state index in [0.29, 0.717) is 22.2 Å². The van der Waals surface area contributed by atoms with Gasteiger partial charge in [-0.2, -0.15) is 0 Å². The Morgan fingerprint density at radius 3 is 2.27 bits per heavy atom. The average Bonchev–Trinajstić information content (AvgIpc) is 2.99. The number of nitrogens with one attached hydrogen (secondary N) is 1. The van der Waals surface area contributed by atoms with Crippen molar-refractivity contribution >= 4 is 50.7 Å². The lowest BCUT2D eigenvalue weighted by molar-refractivity contribution is -0.141. The molecule has 0 unspecified atom stereocenters. The molecule has 1 aliphatic rings. The summed E-state index contributed by atoms with van der Waals surface area (Å²) >= 11 is 12.5. The van der Waals surface area contributed by atoms with Crippen molar-refractivity contribution in [2.24, 2.45) is 0 Å². The van der Waals surface area contributed by atoms with E-state index in [1.165, 1.54) is 10.7 Å². The molecular weight excluding hydrogens is 617 g/mol. The van der Waals surface area contributed by atoms with Gasteiger partial charge in [0.15, 0.2) is 0 Å². The number of anilines is 1. The van der Waals surface area contributed by atoms with Crippen molar-refractivity contribution in [1.82, 2.24) is 10.2 Å². The Morgan fingerprint density at radius 2 is 1.59 bits per heavy atom. The Kier molecular flexibility index (Phi) is 12.1. The molecule has 3 aromatic carbocycles. The van der Waals surface area contributed by atoms with E-state index in [9.17, 15) is 18.0 Å². The van der Waals surface area contributed by atoms with Crippen LogP contribution in [0.4, 0.5) is 5.69 Å². The molecule has 0 aromatic heterocycles. The highest BCUT2D eigenvalue weighted by atomic mass is 35.5. The summed E-state index contributed by atoms with van der Waals surface area (Å²) in [4.78, 5) is 29.7. The van der Waals surface area contributed by atoms with Gasteiger partial charge >= 0.3 is 0 Å². The van der Waals surface area contributed by atoms with Gasteiger partial charge in [0.25, 0.3) is 0 Å². The zero-order chi connectivity index (χ0) is 31.7. The molecule has 1 aliphatic carbocycles. The summed E-state index contributed by atoms with van der Waals surface area (Å²) in [7, 11) is -3.64. The highest BCUT2D eigenvalue weighted by Gasteiger charge is 2.32. The van der Waals surface area contributed by atoms with Crippen LogP contribution in [-0.4, -0.2) is 50.0 Å². The van der Waals surface area contributed by atoms with E-state index in [2.05, 4.69) is 5.32 Å². The lowest BCUT2D eigenvalue weighted by Crippen LogP contribution is -2.52. The SMILES string of the molecule is Cc1ccc(Cl)cc1N(CCCC(=O)N(Cc1cccc(Cl)c1)[C@@H](Cc1ccccc1)C(=O)NC1CCCCC1)S(C)(=O)=O. The molecule has 1 atom stereocenters. The van der Waals surface area contributed by atoms with Crippen molar-refractivity contribution in [3.8, 4) is 0 Å². The summed E-state index contributed by atoms with van der Waals surface area (Å²) in [6, 6.07) is 21.4. The van der Waals surface area contributed by atoms with Crippen molar-refractivity contribution in [3.63, 3.8) is 0 Å². The third-order valence-corrected chi connectivity index (χ3v) is 9.71. The standard InChI is InChI=1S/C34H41Cl2N3O4S/c1-25-18-19-29(36)23-31(25)39(44(2,42)43)20-10-17-33(40)38(24-27-13-9-14-28(35)21-27)32(22-26-11-5-3-6-12-26)34(41)37-30-15-7-4-8-16-30/h3,5-6,9,11-14,18-19,21,23,30,32H,4,7-8,10,15-17,20,22,24H2,1-2H3,(H,37,41)/t32-/m0/s1. The quantitative estimate of drug-likeness (QED) is 0.216. The molecule has 0 radical (unpaired) electrons. The summed E-state index contributed by atoms with van der Waals surface area (Å²) in [5, 5.41) is 4.21. The first kappa shape index (κ1) is 33.8. The van der Waals surface area contributed by atoms with Crippen molar-refractivity contribution in [1.29, 1.82) is 0 Å². The van der Waals surface area contributed by atoms with Crippen LogP contribution in [0.15, 0.2) is 72.8 Å². The Labute approximate surface area is 271 Å². The van der Waals surface area contributed by atoms with Gasteiger partial charge in [0.1, 0.15) is 6.04 Å². The van der Waals surface area contributed by atoms with E-state index in [0.717, 1.165) is 48.6 Å². The number of hydrogen-bond acceptors (Lipinski definition) is 4. The number of amides is 2. The number of carbonyl (C=O) groups is 2. The van der Waals surface area contributed by atoms with Gasteiger partial charge < -0.3 is 10.2 Å². The smallest absolute Gasteiger partial charge is 0.243 e. The predicted molar refractivity (Wildman–Crippen MR) is 179 cm³/mol. The van der Waals surface area contributed by atoms with Gasteiger partial charge in [0.05, 0.1) is 11.9 Å². The number of halogens is 2. The number of rotatable bonds is 13. The lowest BCUT2D eigenvalue weighted by atomic mass is 9.94. The van der Waals surface area contributed by atoms with Crippen LogP contribution in [0, 0.1) is 6.92 Å². The second-order valence-electron chi connectivity index (χ2n) is 11.6. The van der Waals surface area contributed by atoms with Crippen LogP contribution in [0.1, 0.15) is 61.6 Å². The predicted octanol–water partition coefficient (Wildman–Crippen LogP) is 6.94. The Balaban J connectivity index is 1.60. The largest absolute Gasteiger partial charge is 0.352 e. The molecule has 0 spiro atoms. The summed E-state index contributed by atoms with van der Waals surface area (Å²) < 4.78 is 26.9. The van der Waals surface area contributed by atoms with Gasteiger partial charge in [-0.1, -0.05) is 91.0 Å². The summed E-state index contributed by atoms with van der Waals surface area (Å²) in [5.74, 6) is -0.413. The van der Waals surface area contributed by atoms with Crippen LogP contribution in [0.2, 0.25) is 10.0 Å². The zero-order valence-corrected chi connectivity index (χ0v) is 27.7. The third-order valence-electron chi connectivity index (χ3n) is 8.06. The third kappa shape index (κ3) is 9.71. The van der Waals surface area contributed by atoms with Gasteiger partial charge in [-0.25, -0.2) is 8.42 Å². The molecule has 10 heteroatoms. The minimum absolute atomic E-state index is 0.0498. The summed E-state index contributed by atoms with van der Waals surface area (Å²) in [6.45, 7) is 2.10. The number of aryl methyl sites for hydroxylation is 1. The molecule has 0 heterocycles. The first-order valence-electron chi connectivity index (χ1n) is 15.1. The van der Waals surface area contributed by atoms with Gasteiger partial charge in [-0.3, -0.25) is 13.9 Å². The minimum atomic E-state index is -3.64. The molecule has 1 N–H and O–H groups in total. The Hall–Kier alpha value is -3.07. The molecule has 236 valence electrons. The van der Waals surface area contributed by atoms with Crippen molar-refractivity contribution in [2.45, 2.75) is 76.9 Å². The molecule has 0 saturated heterocycles. The molecule has 44 heavy (non-hydrogen) atoms. The first-order chi connectivity index (χ1) is 21.0. The van der Waals surface area contributed by atoms with Crippen molar-refractivity contribution < 1.29 is 18.0 Å². The highest BCUT2D eigenvalue weighted by Crippen LogP contribution is 2.27. The maximum absolute atomic E-state index is 14.1. The maximum atomic E-state index is 14.1. The second-order valence-corrected chi connectivity index (χ2v) is 14.3. The van der Waals surface area contributed by atoms with Crippen molar-refractivity contribution in [3.05, 3.63) is 99.5 Å². The lowest BCUT2D eigenvalue weighted by Gasteiger charge is -2.34. The minimum Gasteiger partial charge on any atom is -0.352 e. The fourth-order valence-electron chi connectivity index (χ4n) is 5.76. The van der Waals surface area contributed by atoms with Crippen LogP contribution < -0.4 is 9.62 Å². The molecular formula is C34H41Cl2N3O4S. The molecule has 0 aliphatic heterocycles. The van der Waals surface area contributed by atoms with Crippen LogP contribution in [0.3, 0.4) is 0 Å². The monoisotopic (exact) mass is 657 g/mol. The fraction of sp³-hybridized carbons (Fsp3) is 0.412. The van der Waals surface area contributed by atoms with Crippen LogP contribution in [0.25, 0.3) is 0 Å². The second kappa shape index (κ2) is 15.8. The number of benzene rings is 3. The van der Waals surface area contributed by atoms with Gasteiger partial charge in [0.2, 0.25) is 21.8 Å². The summed E-state index contributed by atoms with van der Waals surface area (Å²) in [6.07, 6.45) is 6.96. The van der Waals surface area contributed by atoms with E-state index < -0.39 is 16.1 Å². The van der Waals surface area contributed by atoms with Gasteiger partial charge in [0, 0.05) is 42.0 Å². The normalized spacial score (nSPS) is 14.5. The topological polar surface area (TPSA) is 86.8 Å². The van der Waals surface area contributed by atoms with Gasteiger partial charge in [-0.05, 0) is 67.1 Å². The molecule has 7 nitrogen and oxygen atoms in total. The van der Waals surface area contributed by atoms with E-state index in [1.807, 2.05) is 49.4 Å². The Bertz CT molecular complexity index is 1530. The molecule has 3 aromatic rings. The number of nitrogens with zero attached hydrogens (tertiary/aromatic N) is 2. The maximum Gasteiger partial charge on any atom is 0.243 e. The van der Waals surface area contributed by atoms with E-state index in [4.69, 9.17) is 23.2 Å². The molecule has 2 amide bonds.